The number of hydrogen-bond acceptors (Lipinski definition) is 6. The Morgan fingerprint density at radius 3 is 1.65 bits per heavy atom. The first-order chi connectivity index (χ1) is 22.4. The largest absolute Gasteiger partial charge is 0.456 e. The summed E-state index contributed by atoms with van der Waals surface area (Å²) in [7, 11) is 0. The summed E-state index contributed by atoms with van der Waals surface area (Å²) in [6.07, 6.45) is 0.158. The van der Waals surface area contributed by atoms with Gasteiger partial charge in [0, 0.05) is 23.9 Å². The second-order valence-electron chi connectivity index (χ2n) is 10.7. The normalized spacial score (nSPS) is 14.2. The Morgan fingerprint density at radius 2 is 1.22 bits per heavy atom. The standard InChI is InChI=1S/C37H29N2O5PS/c40-34-25-33(35(46)28-13-5-1-6-14-28)38(34)36(37(41)44-26-27-21-23-29(24-22-27)39(42)43)45(30-15-7-2-8-16-30,31-17-9-3-10-18-31)32-19-11-4-12-20-32/h1-24,33H,25-26H2. The number of nitrogens with zero attached hydrogens (tertiary/aromatic N) is 2. The van der Waals surface area contributed by atoms with Crippen molar-refractivity contribution in [3.63, 3.8) is 0 Å². The van der Waals surface area contributed by atoms with Crippen molar-refractivity contribution in [1.82, 2.24) is 4.90 Å². The molecule has 1 amide bonds. The van der Waals surface area contributed by atoms with Crippen LogP contribution in [-0.4, -0.2) is 38.0 Å². The maximum absolute atomic E-state index is 14.8. The molecule has 1 saturated heterocycles. The smallest absolute Gasteiger partial charge is 0.356 e. The summed E-state index contributed by atoms with van der Waals surface area (Å²) in [4.78, 5) is 41.4. The Labute approximate surface area is 272 Å². The molecule has 1 aliphatic rings. The van der Waals surface area contributed by atoms with E-state index in [-0.39, 0.29) is 30.0 Å². The van der Waals surface area contributed by atoms with Crippen LogP contribution in [0.4, 0.5) is 5.69 Å². The number of hydrogen-bond donors (Lipinski definition) is 0. The highest BCUT2D eigenvalue weighted by Gasteiger charge is 2.48. The number of benzene rings is 5. The molecule has 0 radical (unpaired) electrons. The Morgan fingerprint density at radius 1 is 0.761 bits per heavy atom. The van der Waals surface area contributed by atoms with E-state index in [1.807, 2.05) is 121 Å². The van der Waals surface area contributed by atoms with Crippen molar-refractivity contribution in [2.24, 2.45) is 0 Å². The maximum atomic E-state index is 14.8. The minimum atomic E-state index is -3.09. The molecule has 0 spiro atoms. The van der Waals surface area contributed by atoms with E-state index < -0.39 is 23.8 Å². The van der Waals surface area contributed by atoms with Crippen molar-refractivity contribution in [1.29, 1.82) is 0 Å². The molecular formula is C37H29N2O5PS. The van der Waals surface area contributed by atoms with Crippen LogP contribution in [0.2, 0.25) is 0 Å². The van der Waals surface area contributed by atoms with Crippen molar-refractivity contribution < 1.29 is 19.2 Å². The molecule has 46 heavy (non-hydrogen) atoms. The highest BCUT2D eigenvalue weighted by molar-refractivity contribution is 7.96. The molecule has 1 unspecified atom stereocenters. The molecule has 1 heterocycles. The molecular weight excluding hydrogens is 615 g/mol. The summed E-state index contributed by atoms with van der Waals surface area (Å²) in [5, 5.41) is 13.8. The van der Waals surface area contributed by atoms with Crippen molar-refractivity contribution in [3.05, 3.63) is 167 Å². The van der Waals surface area contributed by atoms with Crippen LogP contribution in [0.1, 0.15) is 17.5 Å². The number of carbonyl (C=O) groups excluding carboxylic acids is 2. The van der Waals surface area contributed by atoms with E-state index in [0.29, 0.717) is 10.4 Å². The van der Waals surface area contributed by atoms with Crippen LogP contribution in [-0.2, 0) is 20.9 Å². The van der Waals surface area contributed by atoms with E-state index in [1.165, 1.54) is 12.1 Å². The molecule has 0 saturated carbocycles. The van der Waals surface area contributed by atoms with Crippen LogP contribution in [0.5, 0.6) is 0 Å². The van der Waals surface area contributed by atoms with Crippen LogP contribution in [0.25, 0.3) is 0 Å². The molecule has 7 nitrogen and oxygen atoms in total. The van der Waals surface area contributed by atoms with Gasteiger partial charge in [-0.1, -0.05) is 134 Å². The number of non-ortho nitro benzene ring substituents is 1. The van der Waals surface area contributed by atoms with Gasteiger partial charge in [-0.15, -0.1) is 0 Å². The van der Waals surface area contributed by atoms with Gasteiger partial charge >= 0.3 is 5.97 Å². The zero-order valence-corrected chi connectivity index (χ0v) is 26.4. The van der Waals surface area contributed by atoms with E-state index in [2.05, 4.69) is 0 Å². The molecule has 0 aliphatic carbocycles. The fraction of sp³-hybridized carbons (Fsp3) is 0.0811. The van der Waals surface area contributed by atoms with Gasteiger partial charge in [-0.3, -0.25) is 19.8 Å². The lowest BCUT2D eigenvalue weighted by atomic mass is 9.94. The van der Waals surface area contributed by atoms with Gasteiger partial charge in [0.25, 0.3) is 5.69 Å². The van der Waals surface area contributed by atoms with Gasteiger partial charge in [-0.05, 0) is 39.2 Å². The third-order valence-electron chi connectivity index (χ3n) is 7.99. The zero-order valence-electron chi connectivity index (χ0n) is 24.6. The molecule has 228 valence electrons. The number of β-lactam (4-membered cyclic amide) rings is 1. The zero-order chi connectivity index (χ0) is 32.1. The molecule has 1 aliphatic heterocycles. The van der Waals surface area contributed by atoms with Crippen molar-refractivity contribution in [2.75, 3.05) is 0 Å². The molecule has 5 aromatic carbocycles. The number of nitro groups is 1. The first-order valence-corrected chi connectivity index (χ1v) is 16.9. The number of ether oxygens (including phenoxy) is 1. The first kappa shape index (κ1) is 30.8. The average molecular weight is 645 g/mol. The summed E-state index contributed by atoms with van der Waals surface area (Å²) in [5.41, 5.74) is 1.56. The molecule has 1 fully saturated rings. The Kier molecular flexibility index (Phi) is 9.01. The minimum Gasteiger partial charge on any atom is -0.456 e. The lowest BCUT2D eigenvalue weighted by Gasteiger charge is -2.45. The number of carbonyl (C=O) groups is 2. The molecule has 9 heteroatoms. The lowest BCUT2D eigenvalue weighted by Crippen LogP contribution is -2.62. The number of rotatable bonds is 10. The second kappa shape index (κ2) is 13.4. The monoisotopic (exact) mass is 644 g/mol. The van der Waals surface area contributed by atoms with Crippen LogP contribution in [0.3, 0.4) is 0 Å². The predicted octanol–water partition coefficient (Wildman–Crippen LogP) is 5.78. The summed E-state index contributed by atoms with van der Waals surface area (Å²) >= 11 is 5.97. The quantitative estimate of drug-likeness (QED) is 0.0364. The van der Waals surface area contributed by atoms with Gasteiger partial charge in [0.15, 0.2) is 0 Å². The van der Waals surface area contributed by atoms with Crippen LogP contribution in [0.15, 0.2) is 146 Å². The molecule has 1 atom stereocenters. The van der Waals surface area contributed by atoms with Crippen molar-refractivity contribution in [2.45, 2.75) is 19.1 Å². The van der Waals surface area contributed by atoms with Crippen LogP contribution >= 0.6 is 19.1 Å². The second-order valence-corrected chi connectivity index (χ2v) is 14.5. The van der Waals surface area contributed by atoms with E-state index in [9.17, 15) is 19.7 Å². The third kappa shape index (κ3) is 5.81. The summed E-state index contributed by atoms with van der Waals surface area (Å²) in [6, 6.07) is 44.1. The Hall–Kier alpha value is -5.17. The van der Waals surface area contributed by atoms with Crippen LogP contribution in [0, 0.1) is 10.1 Å². The molecule has 6 rings (SSSR count). The minimum absolute atomic E-state index is 0.0621. The van der Waals surface area contributed by atoms with E-state index >= 15 is 0 Å². The lowest BCUT2D eigenvalue weighted by molar-refractivity contribution is -0.384. The van der Waals surface area contributed by atoms with E-state index in [4.69, 9.17) is 17.0 Å². The molecule has 0 N–H and O–H groups in total. The fourth-order valence-electron chi connectivity index (χ4n) is 5.78. The van der Waals surface area contributed by atoms with E-state index in [1.54, 1.807) is 17.0 Å². The molecule has 5 aromatic rings. The van der Waals surface area contributed by atoms with Gasteiger partial charge in [-0.2, -0.15) is 0 Å². The predicted molar refractivity (Wildman–Crippen MR) is 186 cm³/mol. The number of amides is 1. The van der Waals surface area contributed by atoms with Gasteiger partial charge in [0.05, 0.1) is 17.4 Å². The Bertz CT molecular complexity index is 1850. The highest BCUT2D eigenvalue weighted by atomic mass is 32.1. The fourth-order valence-corrected chi connectivity index (χ4v) is 10.5. The van der Waals surface area contributed by atoms with Gasteiger partial charge < -0.3 is 4.74 Å². The molecule has 0 bridgehead atoms. The summed E-state index contributed by atoms with van der Waals surface area (Å²) < 4.78 is 6.04. The number of likely N-dealkylation sites (tertiary alicyclic amines) is 1. The van der Waals surface area contributed by atoms with Gasteiger partial charge in [0.2, 0.25) is 5.91 Å². The Balaban J connectivity index is 1.61. The topological polar surface area (TPSA) is 89.8 Å². The van der Waals surface area contributed by atoms with Crippen molar-refractivity contribution in [3.8, 4) is 0 Å². The maximum Gasteiger partial charge on any atom is 0.356 e. The third-order valence-corrected chi connectivity index (χ3v) is 12.7. The number of esters is 1. The summed E-state index contributed by atoms with van der Waals surface area (Å²) in [6.45, 7) is -3.24. The van der Waals surface area contributed by atoms with Crippen LogP contribution < -0.4 is 15.9 Å². The molecule has 0 aromatic heterocycles. The summed E-state index contributed by atoms with van der Waals surface area (Å²) in [5.74, 6) is -0.880. The highest BCUT2D eigenvalue weighted by Crippen LogP contribution is 2.49. The first-order valence-electron chi connectivity index (χ1n) is 14.7. The van der Waals surface area contributed by atoms with Gasteiger partial charge in [-0.25, -0.2) is 4.79 Å². The number of thiocarbonyl (C=S) groups is 1. The van der Waals surface area contributed by atoms with Gasteiger partial charge in [0.1, 0.15) is 12.0 Å². The number of nitro benzene ring substituents is 1. The van der Waals surface area contributed by atoms with Crippen molar-refractivity contribution >= 4 is 62.9 Å². The SMILES string of the molecule is O=C(OCc1ccc([N+](=O)[O-])cc1)C(N1C(=O)CC1C(=S)c1ccccc1)=P(c1ccccc1)(c1ccccc1)c1ccccc1. The van der Waals surface area contributed by atoms with E-state index in [0.717, 1.165) is 21.5 Å². The average Bonchev–Trinajstić information content (AvgIpc) is 3.11.